The molecule has 0 aliphatic rings. The molecule has 0 aliphatic carbocycles. The van der Waals surface area contributed by atoms with Gasteiger partial charge in [0, 0.05) is 12.3 Å². The highest BCUT2D eigenvalue weighted by Gasteiger charge is 2.04. The minimum absolute atomic E-state index is 0.0548. The van der Waals surface area contributed by atoms with Crippen molar-refractivity contribution in [1.82, 2.24) is 4.98 Å². The topological polar surface area (TPSA) is 88.3 Å². The van der Waals surface area contributed by atoms with E-state index in [-0.39, 0.29) is 11.5 Å². The summed E-state index contributed by atoms with van der Waals surface area (Å²) in [6.45, 7) is 0. The van der Waals surface area contributed by atoms with Crippen molar-refractivity contribution < 1.29 is 10.1 Å². The molecule has 0 saturated heterocycles. The summed E-state index contributed by atoms with van der Waals surface area (Å²) in [6, 6.07) is 2.36. The first-order valence-electron chi connectivity index (χ1n) is 2.74. The first-order chi connectivity index (χ1) is 5.24. The summed E-state index contributed by atoms with van der Waals surface area (Å²) in [7, 11) is 0. The summed E-state index contributed by atoms with van der Waals surface area (Å²) < 4.78 is 0. The average Bonchev–Trinajstić information content (AvgIpc) is 2.05. The van der Waals surface area contributed by atoms with Crippen LogP contribution in [0.4, 0.5) is 11.5 Å². The van der Waals surface area contributed by atoms with Crippen molar-refractivity contribution >= 4 is 11.5 Å². The van der Waals surface area contributed by atoms with E-state index in [1.165, 1.54) is 12.3 Å². The standard InChI is InChI=1S/C5H5N3O3/c9-7-5-3-4(8(10)11)1-2-6-5/h1-3,9H,(H,6,7). The van der Waals surface area contributed by atoms with Crippen LogP contribution >= 0.6 is 0 Å². The summed E-state index contributed by atoms with van der Waals surface area (Å²) in [5, 5.41) is 18.4. The number of nitro groups is 1. The number of anilines is 1. The van der Waals surface area contributed by atoms with Gasteiger partial charge in [0.1, 0.15) is 0 Å². The molecule has 0 aliphatic heterocycles. The van der Waals surface area contributed by atoms with E-state index in [9.17, 15) is 10.1 Å². The van der Waals surface area contributed by atoms with Gasteiger partial charge in [0.25, 0.3) is 5.69 Å². The van der Waals surface area contributed by atoms with Crippen LogP contribution in [0.25, 0.3) is 0 Å². The van der Waals surface area contributed by atoms with Crippen molar-refractivity contribution in [3.8, 4) is 0 Å². The first-order valence-corrected chi connectivity index (χ1v) is 2.74. The van der Waals surface area contributed by atoms with Crippen LogP contribution in [-0.2, 0) is 0 Å². The van der Waals surface area contributed by atoms with Crippen molar-refractivity contribution in [2.24, 2.45) is 0 Å². The number of rotatable bonds is 2. The lowest BCUT2D eigenvalue weighted by Crippen LogP contribution is -1.94. The molecule has 6 nitrogen and oxygen atoms in total. The molecule has 11 heavy (non-hydrogen) atoms. The van der Waals surface area contributed by atoms with Gasteiger partial charge in [-0.1, -0.05) is 0 Å². The zero-order valence-corrected chi connectivity index (χ0v) is 5.39. The van der Waals surface area contributed by atoms with Crippen molar-refractivity contribution in [3.05, 3.63) is 28.4 Å². The molecule has 1 heterocycles. The molecule has 6 heteroatoms. The molecule has 1 rings (SSSR count). The Morgan fingerprint density at radius 2 is 2.45 bits per heavy atom. The Kier molecular flexibility index (Phi) is 1.98. The molecular formula is C5H5N3O3. The maximum atomic E-state index is 10.1. The van der Waals surface area contributed by atoms with E-state index in [2.05, 4.69) is 4.98 Å². The van der Waals surface area contributed by atoms with Crippen molar-refractivity contribution in [3.63, 3.8) is 0 Å². The SMILES string of the molecule is O=[N+]([O-])c1ccnc(NO)c1. The van der Waals surface area contributed by atoms with Gasteiger partial charge in [-0.15, -0.1) is 0 Å². The number of nitrogens with one attached hydrogen (secondary N) is 1. The summed E-state index contributed by atoms with van der Waals surface area (Å²) >= 11 is 0. The van der Waals surface area contributed by atoms with Crippen LogP contribution in [0, 0.1) is 10.1 Å². The smallest absolute Gasteiger partial charge is 0.274 e. The summed E-state index contributed by atoms with van der Waals surface area (Å²) in [5.41, 5.74) is 1.59. The largest absolute Gasteiger partial charge is 0.290 e. The zero-order chi connectivity index (χ0) is 8.27. The third-order valence-corrected chi connectivity index (χ3v) is 1.07. The van der Waals surface area contributed by atoms with Crippen LogP contribution in [0.1, 0.15) is 0 Å². The fraction of sp³-hybridized carbons (Fsp3) is 0. The van der Waals surface area contributed by atoms with E-state index in [0.717, 1.165) is 6.07 Å². The molecular weight excluding hydrogens is 150 g/mol. The van der Waals surface area contributed by atoms with E-state index in [4.69, 9.17) is 5.21 Å². The van der Waals surface area contributed by atoms with Crippen LogP contribution in [0.3, 0.4) is 0 Å². The molecule has 0 amide bonds. The maximum Gasteiger partial charge on any atom is 0.274 e. The molecule has 58 valence electrons. The Bertz CT molecular complexity index is 275. The van der Waals surface area contributed by atoms with Crippen LogP contribution in [-0.4, -0.2) is 15.1 Å². The van der Waals surface area contributed by atoms with Crippen molar-refractivity contribution in [2.75, 3.05) is 5.48 Å². The Hall–Kier alpha value is -1.69. The lowest BCUT2D eigenvalue weighted by Gasteiger charge is -1.94. The van der Waals surface area contributed by atoms with Crippen LogP contribution in [0.15, 0.2) is 18.3 Å². The van der Waals surface area contributed by atoms with Gasteiger partial charge >= 0.3 is 0 Å². The second-order valence-electron chi connectivity index (χ2n) is 1.77. The van der Waals surface area contributed by atoms with E-state index >= 15 is 0 Å². The van der Waals surface area contributed by atoms with Gasteiger partial charge in [-0.3, -0.25) is 20.8 Å². The molecule has 1 aromatic rings. The number of pyridine rings is 1. The van der Waals surface area contributed by atoms with Crippen molar-refractivity contribution in [2.45, 2.75) is 0 Å². The van der Waals surface area contributed by atoms with Gasteiger partial charge < -0.3 is 0 Å². The van der Waals surface area contributed by atoms with Gasteiger partial charge in [-0.2, -0.15) is 0 Å². The first kappa shape index (κ1) is 7.42. The number of hydrogen-bond donors (Lipinski definition) is 2. The normalized spacial score (nSPS) is 9.18. The molecule has 0 radical (unpaired) electrons. The number of aromatic nitrogens is 1. The van der Waals surface area contributed by atoms with Gasteiger partial charge in [0.05, 0.1) is 11.0 Å². The van der Waals surface area contributed by atoms with E-state index in [0.29, 0.717) is 0 Å². The molecule has 0 spiro atoms. The predicted molar refractivity (Wildman–Crippen MR) is 36.3 cm³/mol. The van der Waals surface area contributed by atoms with Gasteiger partial charge in [-0.05, 0) is 0 Å². The molecule has 0 saturated carbocycles. The van der Waals surface area contributed by atoms with Gasteiger partial charge in [0.2, 0.25) is 0 Å². The molecule has 0 aromatic carbocycles. The lowest BCUT2D eigenvalue weighted by molar-refractivity contribution is -0.384. The predicted octanol–water partition coefficient (Wildman–Crippen LogP) is 0.791. The second-order valence-corrected chi connectivity index (χ2v) is 1.77. The van der Waals surface area contributed by atoms with Crippen LogP contribution < -0.4 is 5.48 Å². The summed E-state index contributed by atoms with van der Waals surface area (Å²) in [4.78, 5) is 13.1. The summed E-state index contributed by atoms with van der Waals surface area (Å²) in [5.74, 6) is 0.0548. The third kappa shape index (κ3) is 1.62. The fourth-order valence-corrected chi connectivity index (χ4v) is 0.594. The zero-order valence-electron chi connectivity index (χ0n) is 5.39. The van der Waals surface area contributed by atoms with Crippen molar-refractivity contribution in [1.29, 1.82) is 0 Å². The highest BCUT2D eigenvalue weighted by molar-refractivity contribution is 5.42. The highest BCUT2D eigenvalue weighted by atomic mass is 16.6. The molecule has 0 atom stereocenters. The minimum atomic E-state index is -0.567. The van der Waals surface area contributed by atoms with E-state index in [1.807, 2.05) is 0 Å². The molecule has 0 unspecified atom stereocenters. The monoisotopic (exact) mass is 155 g/mol. The Balaban J connectivity index is 3.01. The second kappa shape index (κ2) is 2.93. The molecule has 0 bridgehead atoms. The Morgan fingerprint density at radius 3 is 3.00 bits per heavy atom. The average molecular weight is 155 g/mol. The fourth-order valence-electron chi connectivity index (χ4n) is 0.594. The maximum absolute atomic E-state index is 10.1. The lowest BCUT2D eigenvalue weighted by atomic mass is 10.4. The molecule has 1 aromatic heterocycles. The Morgan fingerprint density at radius 1 is 1.73 bits per heavy atom. The van der Waals surface area contributed by atoms with E-state index < -0.39 is 4.92 Å². The minimum Gasteiger partial charge on any atom is -0.290 e. The highest BCUT2D eigenvalue weighted by Crippen LogP contribution is 2.12. The van der Waals surface area contributed by atoms with Gasteiger partial charge in [0.15, 0.2) is 5.82 Å². The van der Waals surface area contributed by atoms with Gasteiger partial charge in [-0.25, -0.2) is 4.98 Å². The molecule has 2 N–H and O–H groups in total. The van der Waals surface area contributed by atoms with E-state index in [1.54, 1.807) is 5.48 Å². The third-order valence-electron chi connectivity index (χ3n) is 1.07. The van der Waals surface area contributed by atoms with Crippen LogP contribution in [0.5, 0.6) is 0 Å². The Labute approximate surface area is 61.6 Å². The summed E-state index contributed by atoms with van der Waals surface area (Å²) in [6.07, 6.45) is 1.23. The number of nitrogens with zero attached hydrogens (tertiary/aromatic N) is 2. The quantitative estimate of drug-likeness (QED) is 0.486. The van der Waals surface area contributed by atoms with Crippen LogP contribution in [0.2, 0.25) is 0 Å². The number of hydrogen-bond acceptors (Lipinski definition) is 5. The molecule has 0 fully saturated rings.